The maximum atomic E-state index is 14.3. The van der Waals surface area contributed by atoms with Gasteiger partial charge in [0, 0.05) is 32.4 Å². The molecular weight excluding hydrogens is 517 g/mol. The highest BCUT2D eigenvalue weighted by Gasteiger charge is 2.34. The highest BCUT2D eigenvalue weighted by atomic mass is 32.2. The summed E-state index contributed by atoms with van der Waals surface area (Å²) in [4.78, 5) is 47.6. The van der Waals surface area contributed by atoms with Gasteiger partial charge in [-0.05, 0) is 36.8 Å². The van der Waals surface area contributed by atoms with Crippen molar-refractivity contribution in [3.63, 3.8) is 0 Å². The van der Waals surface area contributed by atoms with E-state index in [1.165, 1.54) is 16.5 Å². The summed E-state index contributed by atoms with van der Waals surface area (Å²) in [5.74, 6) is -1.64. The maximum absolute atomic E-state index is 14.3. The van der Waals surface area contributed by atoms with Crippen molar-refractivity contribution in [3.8, 4) is 0 Å². The standard InChI is InChI=1S/C25H22FN5O4S2/c1-15-5-4-8-30-21(15)27-22(29-11-9-28(10-12-29)18-7-3-2-6-17(18)26)16(23(30)34)13-19-24(35)31(14-20(32)33)25(36)37-19/h2-8,13H,9-12,14H2,1H3,(H,32,33)/b19-13+. The number of aromatic nitrogens is 2. The number of carbonyl (C=O) groups is 2. The van der Waals surface area contributed by atoms with Gasteiger partial charge in [0.05, 0.1) is 16.2 Å². The molecule has 1 amide bonds. The van der Waals surface area contributed by atoms with Crippen molar-refractivity contribution in [2.75, 3.05) is 42.5 Å². The van der Waals surface area contributed by atoms with Crippen molar-refractivity contribution in [1.82, 2.24) is 14.3 Å². The Morgan fingerprint density at radius 3 is 2.54 bits per heavy atom. The molecule has 2 saturated heterocycles. The maximum Gasteiger partial charge on any atom is 0.323 e. The molecular formula is C25H22FN5O4S2. The van der Waals surface area contributed by atoms with Crippen LogP contribution in [0.3, 0.4) is 0 Å². The van der Waals surface area contributed by atoms with Crippen molar-refractivity contribution in [3.05, 3.63) is 74.8 Å². The van der Waals surface area contributed by atoms with Crippen LogP contribution >= 0.6 is 24.0 Å². The number of aryl methyl sites for hydroxylation is 1. The summed E-state index contributed by atoms with van der Waals surface area (Å²) in [7, 11) is 0. The highest BCUT2D eigenvalue weighted by molar-refractivity contribution is 8.26. The number of carboxylic acid groups (broad SMARTS) is 1. The van der Waals surface area contributed by atoms with Crippen LogP contribution in [0, 0.1) is 12.7 Å². The normalized spacial score (nSPS) is 17.4. The number of rotatable bonds is 5. The fourth-order valence-electron chi connectivity index (χ4n) is 4.44. The van der Waals surface area contributed by atoms with Crippen LogP contribution in [0.5, 0.6) is 0 Å². The second-order valence-electron chi connectivity index (χ2n) is 8.63. The lowest BCUT2D eigenvalue weighted by Crippen LogP contribution is -2.47. The Morgan fingerprint density at radius 2 is 1.84 bits per heavy atom. The number of hydrogen-bond donors (Lipinski definition) is 1. The number of benzene rings is 1. The number of halogens is 1. The molecule has 0 aliphatic carbocycles. The van der Waals surface area contributed by atoms with Crippen LogP contribution in [-0.4, -0.2) is 68.3 Å². The van der Waals surface area contributed by atoms with Gasteiger partial charge in [-0.2, -0.15) is 0 Å². The van der Waals surface area contributed by atoms with Crippen molar-refractivity contribution in [1.29, 1.82) is 0 Å². The number of fused-ring (bicyclic) bond motifs is 1. The topological polar surface area (TPSA) is 98.5 Å². The number of piperazine rings is 1. The summed E-state index contributed by atoms with van der Waals surface area (Å²) in [5, 5.41) is 9.13. The summed E-state index contributed by atoms with van der Waals surface area (Å²) in [6.07, 6.45) is 3.06. The second kappa shape index (κ2) is 9.94. The summed E-state index contributed by atoms with van der Waals surface area (Å²) in [6, 6.07) is 10.2. The molecule has 0 radical (unpaired) electrons. The fourth-order valence-corrected chi connectivity index (χ4v) is 5.67. The molecule has 12 heteroatoms. The predicted octanol–water partition coefficient (Wildman–Crippen LogP) is 2.75. The van der Waals surface area contributed by atoms with Crippen LogP contribution in [-0.2, 0) is 9.59 Å². The van der Waals surface area contributed by atoms with Crippen LogP contribution in [0.15, 0.2) is 52.3 Å². The Kier molecular flexibility index (Phi) is 6.69. The van der Waals surface area contributed by atoms with Crippen LogP contribution in [0.2, 0.25) is 0 Å². The quantitative estimate of drug-likeness (QED) is 0.388. The van der Waals surface area contributed by atoms with E-state index in [9.17, 15) is 18.8 Å². The Hall–Kier alpha value is -3.77. The van der Waals surface area contributed by atoms with Gasteiger partial charge in [-0.1, -0.05) is 42.2 Å². The average molecular weight is 540 g/mol. The fraction of sp³-hybridized carbons (Fsp3) is 0.240. The lowest BCUT2D eigenvalue weighted by Gasteiger charge is -2.37. The van der Waals surface area contributed by atoms with Gasteiger partial charge in [0.25, 0.3) is 11.5 Å². The van der Waals surface area contributed by atoms with Crippen LogP contribution in [0.4, 0.5) is 15.9 Å². The molecule has 0 spiro atoms. The molecule has 1 N–H and O–H groups in total. The number of hydrogen-bond acceptors (Lipinski definition) is 8. The summed E-state index contributed by atoms with van der Waals surface area (Å²) >= 11 is 6.15. The SMILES string of the molecule is Cc1cccn2c(=O)c(/C=C3/SC(=S)N(CC(=O)O)C3=O)c(N3CCN(c4ccccc4F)CC3)nc12. The number of aliphatic carboxylic acids is 1. The zero-order valence-corrected chi connectivity index (χ0v) is 21.4. The Balaban J connectivity index is 1.55. The largest absolute Gasteiger partial charge is 0.480 e. The molecule has 4 heterocycles. The first-order valence-electron chi connectivity index (χ1n) is 11.5. The third kappa shape index (κ3) is 4.69. The van der Waals surface area contributed by atoms with Gasteiger partial charge in [-0.25, -0.2) is 9.37 Å². The third-order valence-corrected chi connectivity index (χ3v) is 7.66. The van der Waals surface area contributed by atoms with Crippen molar-refractivity contribution in [2.45, 2.75) is 6.92 Å². The lowest BCUT2D eigenvalue weighted by molar-refractivity contribution is -0.140. The van der Waals surface area contributed by atoms with Crippen LogP contribution in [0.1, 0.15) is 11.1 Å². The van der Waals surface area contributed by atoms with E-state index in [0.29, 0.717) is 43.3 Å². The molecule has 0 saturated carbocycles. The van der Waals surface area contributed by atoms with Gasteiger partial charge in [0.1, 0.15) is 28.1 Å². The lowest BCUT2D eigenvalue weighted by atomic mass is 10.2. The minimum Gasteiger partial charge on any atom is -0.480 e. The summed E-state index contributed by atoms with van der Waals surface area (Å²) in [6.45, 7) is 3.28. The van der Waals surface area contributed by atoms with Crippen molar-refractivity contribution in [2.24, 2.45) is 0 Å². The molecule has 0 atom stereocenters. The minimum atomic E-state index is -1.19. The zero-order valence-electron chi connectivity index (χ0n) is 19.8. The monoisotopic (exact) mass is 539 g/mol. The van der Waals surface area contributed by atoms with E-state index in [1.54, 1.807) is 30.5 Å². The predicted molar refractivity (Wildman–Crippen MR) is 145 cm³/mol. The molecule has 0 bridgehead atoms. The van der Waals surface area contributed by atoms with Crippen LogP contribution in [0.25, 0.3) is 11.7 Å². The van der Waals surface area contributed by atoms with Gasteiger partial charge >= 0.3 is 5.97 Å². The Labute approximate surface area is 220 Å². The van der Waals surface area contributed by atoms with E-state index < -0.39 is 18.4 Å². The Morgan fingerprint density at radius 1 is 1.14 bits per heavy atom. The van der Waals surface area contributed by atoms with E-state index in [0.717, 1.165) is 22.2 Å². The van der Waals surface area contributed by atoms with E-state index >= 15 is 0 Å². The van der Waals surface area contributed by atoms with Crippen molar-refractivity contribution >= 4 is 63.4 Å². The number of anilines is 2. The number of amides is 1. The molecule has 0 unspecified atom stereocenters. The molecule has 2 aliphatic rings. The van der Waals surface area contributed by atoms with Crippen LogP contribution < -0.4 is 15.4 Å². The number of nitrogens with zero attached hydrogens (tertiary/aromatic N) is 5. The van der Waals surface area contributed by atoms with Gasteiger partial charge in [0.15, 0.2) is 0 Å². The van der Waals surface area contributed by atoms with E-state index in [1.807, 2.05) is 22.8 Å². The number of carboxylic acids is 1. The van der Waals surface area contributed by atoms with Gasteiger partial charge in [-0.15, -0.1) is 0 Å². The third-order valence-electron chi connectivity index (χ3n) is 6.28. The molecule has 5 rings (SSSR count). The first-order valence-corrected chi connectivity index (χ1v) is 12.7. The number of thiocarbonyl (C=S) groups is 1. The van der Waals surface area contributed by atoms with Crippen molar-refractivity contribution < 1.29 is 19.1 Å². The number of pyridine rings is 1. The van der Waals surface area contributed by atoms with Gasteiger partial charge in [-0.3, -0.25) is 23.7 Å². The van der Waals surface area contributed by atoms with Gasteiger partial charge in [0.2, 0.25) is 0 Å². The number of para-hydroxylation sites is 1. The first kappa shape index (κ1) is 24.9. The molecule has 190 valence electrons. The molecule has 3 aromatic rings. The Bertz CT molecular complexity index is 1530. The molecule has 2 fully saturated rings. The highest BCUT2D eigenvalue weighted by Crippen LogP contribution is 2.34. The summed E-state index contributed by atoms with van der Waals surface area (Å²) < 4.78 is 15.9. The number of thioether (sulfide) groups is 1. The van der Waals surface area contributed by atoms with Gasteiger partial charge < -0.3 is 14.9 Å². The van der Waals surface area contributed by atoms with E-state index in [-0.39, 0.29) is 26.2 Å². The summed E-state index contributed by atoms with van der Waals surface area (Å²) in [5.41, 5.74) is 1.67. The molecule has 37 heavy (non-hydrogen) atoms. The van der Waals surface area contributed by atoms with E-state index in [4.69, 9.17) is 22.3 Å². The first-order chi connectivity index (χ1) is 17.7. The minimum absolute atomic E-state index is 0.114. The molecule has 2 aromatic heterocycles. The van der Waals surface area contributed by atoms with E-state index in [2.05, 4.69) is 0 Å². The zero-order chi connectivity index (χ0) is 26.3. The molecule has 2 aliphatic heterocycles. The average Bonchev–Trinajstić information content (AvgIpc) is 3.13. The molecule has 9 nitrogen and oxygen atoms in total. The second-order valence-corrected chi connectivity index (χ2v) is 10.3. The smallest absolute Gasteiger partial charge is 0.323 e. The molecule has 1 aromatic carbocycles. The number of carbonyl (C=O) groups excluding carboxylic acids is 1.